The topological polar surface area (TPSA) is 58.4 Å². The van der Waals surface area contributed by atoms with Crippen LogP contribution in [0.5, 0.6) is 0 Å². The fourth-order valence-electron chi connectivity index (χ4n) is 2.58. The Kier molecular flexibility index (Phi) is 4.24. The zero-order chi connectivity index (χ0) is 15.5. The summed E-state index contributed by atoms with van der Waals surface area (Å²) in [5.41, 5.74) is 1.66. The standard InChI is InChI=1S/C15H18N4O2S/c1-17-10-12(9-16-17)8-14(20)18-3-5-19(6-4-18)15(21)13-2-7-22-11-13/h2,7,9-11H,3-6,8H2,1H3. The molecule has 22 heavy (non-hydrogen) atoms. The van der Waals surface area contributed by atoms with Crippen molar-refractivity contribution >= 4 is 23.2 Å². The number of carbonyl (C=O) groups excluding carboxylic acids is 2. The highest BCUT2D eigenvalue weighted by Gasteiger charge is 2.25. The van der Waals surface area contributed by atoms with Crippen molar-refractivity contribution in [3.05, 3.63) is 40.3 Å². The van der Waals surface area contributed by atoms with Gasteiger partial charge in [-0.15, -0.1) is 0 Å². The van der Waals surface area contributed by atoms with Crippen LogP contribution in [-0.4, -0.2) is 57.6 Å². The van der Waals surface area contributed by atoms with Crippen molar-refractivity contribution in [3.63, 3.8) is 0 Å². The van der Waals surface area contributed by atoms with Gasteiger partial charge in [-0.25, -0.2) is 0 Å². The summed E-state index contributed by atoms with van der Waals surface area (Å²) in [5, 5.41) is 7.84. The van der Waals surface area contributed by atoms with E-state index in [0.29, 0.717) is 32.6 Å². The van der Waals surface area contributed by atoms with E-state index in [1.807, 2.05) is 39.9 Å². The van der Waals surface area contributed by atoms with E-state index >= 15 is 0 Å². The molecule has 0 atom stereocenters. The lowest BCUT2D eigenvalue weighted by atomic mass is 10.2. The first-order chi connectivity index (χ1) is 10.6. The molecule has 6 nitrogen and oxygen atoms in total. The summed E-state index contributed by atoms with van der Waals surface area (Å²) in [6.07, 6.45) is 3.94. The van der Waals surface area contributed by atoms with E-state index in [1.54, 1.807) is 10.9 Å². The van der Waals surface area contributed by atoms with E-state index in [9.17, 15) is 9.59 Å². The smallest absolute Gasteiger partial charge is 0.254 e. The summed E-state index contributed by atoms with van der Waals surface area (Å²) >= 11 is 1.52. The lowest BCUT2D eigenvalue weighted by molar-refractivity contribution is -0.131. The Balaban J connectivity index is 1.53. The molecule has 0 aliphatic carbocycles. The van der Waals surface area contributed by atoms with Crippen LogP contribution in [0.4, 0.5) is 0 Å². The number of aryl methyl sites for hydroxylation is 1. The third-order valence-corrected chi connectivity index (χ3v) is 4.48. The van der Waals surface area contributed by atoms with E-state index < -0.39 is 0 Å². The molecule has 0 bridgehead atoms. The van der Waals surface area contributed by atoms with Crippen molar-refractivity contribution in [2.45, 2.75) is 6.42 Å². The summed E-state index contributed by atoms with van der Waals surface area (Å²) in [4.78, 5) is 28.2. The maximum Gasteiger partial charge on any atom is 0.254 e. The second kappa shape index (κ2) is 6.31. The van der Waals surface area contributed by atoms with Gasteiger partial charge >= 0.3 is 0 Å². The molecule has 1 saturated heterocycles. The molecule has 0 saturated carbocycles. The third-order valence-electron chi connectivity index (χ3n) is 3.80. The first kappa shape index (κ1) is 14.8. The summed E-state index contributed by atoms with van der Waals surface area (Å²) in [6, 6.07) is 1.84. The zero-order valence-electron chi connectivity index (χ0n) is 12.4. The molecule has 0 radical (unpaired) electrons. The fraction of sp³-hybridized carbons (Fsp3) is 0.400. The van der Waals surface area contributed by atoms with Crippen LogP contribution in [0.1, 0.15) is 15.9 Å². The van der Waals surface area contributed by atoms with E-state index in [4.69, 9.17) is 0 Å². The minimum Gasteiger partial charge on any atom is -0.339 e. The molecule has 3 heterocycles. The minimum absolute atomic E-state index is 0.0561. The number of carbonyl (C=O) groups is 2. The van der Waals surface area contributed by atoms with Gasteiger partial charge in [-0.3, -0.25) is 14.3 Å². The quantitative estimate of drug-likeness (QED) is 0.848. The number of hydrogen-bond acceptors (Lipinski definition) is 4. The highest BCUT2D eigenvalue weighted by molar-refractivity contribution is 7.08. The van der Waals surface area contributed by atoms with Gasteiger partial charge < -0.3 is 9.80 Å². The predicted molar refractivity (Wildman–Crippen MR) is 83.7 cm³/mol. The highest BCUT2D eigenvalue weighted by Crippen LogP contribution is 2.12. The van der Waals surface area contributed by atoms with Crippen LogP contribution in [0, 0.1) is 0 Å². The second-order valence-corrected chi connectivity index (χ2v) is 6.16. The predicted octanol–water partition coefficient (Wildman–Crippen LogP) is 1.01. The summed E-state index contributed by atoms with van der Waals surface area (Å²) in [7, 11) is 1.84. The molecule has 0 unspecified atom stereocenters. The molecular weight excluding hydrogens is 300 g/mol. The first-order valence-electron chi connectivity index (χ1n) is 7.20. The molecule has 7 heteroatoms. The zero-order valence-corrected chi connectivity index (χ0v) is 13.3. The van der Waals surface area contributed by atoms with E-state index in [1.165, 1.54) is 11.3 Å². The molecule has 116 valence electrons. The second-order valence-electron chi connectivity index (χ2n) is 5.38. The minimum atomic E-state index is 0.0561. The number of hydrogen-bond donors (Lipinski definition) is 0. The van der Waals surface area contributed by atoms with E-state index in [2.05, 4.69) is 5.10 Å². The first-order valence-corrected chi connectivity index (χ1v) is 8.14. The summed E-state index contributed by atoms with van der Waals surface area (Å²) in [5.74, 6) is 0.149. The van der Waals surface area contributed by atoms with Crippen molar-refractivity contribution in [3.8, 4) is 0 Å². The molecule has 0 aromatic carbocycles. The maximum atomic E-state index is 12.3. The molecule has 2 amide bonds. The third kappa shape index (κ3) is 3.19. The number of rotatable bonds is 3. The van der Waals surface area contributed by atoms with Crippen LogP contribution in [0.3, 0.4) is 0 Å². The lowest BCUT2D eigenvalue weighted by Gasteiger charge is -2.34. The Morgan fingerprint density at radius 3 is 2.55 bits per heavy atom. The Morgan fingerprint density at radius 1 is 1.23 bits per heavy atom. The van der Waals surface area contributed by atoms with Gasteiger partial charge in [-0.1, -0.05) is 0 Å². The number of piperazine rings is 1. The normalized spacial score (nSPS) is 15.1. The van der Waals surface area contributed by atoms with Crippen LogP contribution in [0.25, 0.3) is 0 Å². The molecule has 1 aliphatic heterocycles. The van der Waals surface area contributed by atoms with Gasteiger partial charge in [-0.2, -0.15) is 16.4 Å². The fourth-order valence-corrected chi connectivity index (χ4v) is 3.21. The van der Waals surface area contributed by atoms with Gasteiger partial charge in [0.25, 0.3) is 5.91 Å². The Labute approximate surface area is 132 Å². The number of nitrogens with zero attached hydrogens (tertiary/aromatic N) is 4. The molecule has 2 aromatic rings. The Bertz CT molecular complexity index is 657. The van der Waals surface area contributed by atoms with Crippen molar-refractivity contribution in [2.24, 2.45) is 7.05 Å². The van der Waals surface area contributed by atoms with Crippen LogP contribution < -0.4 is 0 Å². The van der Waals surface area contributed by atoms with Crippen LogP contribution in [0.2, 0.25) is 0 Å². The van der Waals surface area contributed by atoms with Gasteiger partial charge in [0.15, 0.2) is 0 Å². The number of amides is 2. The average molecular weight is 318 g/mol. The van der Waals surface area contributed by atoms with Crippen LogP contribution in [-0.2, 0) is 18.3 Å². The van der Waals surface area contributed by atoms with Gasteiger partial charge in [0.1, 0.15) is 0 Å². The van der Waals surface area contributed by atoms with E-state index in [0.717, 1.165) is 11.1 Å². The SMILES string of the molecule is Cn1cc(CC(=O)N2CCN(C(=O)c3ccsc3)CC2)cn1. The molecule has 1 aliphatic rings. The van der Waals surface area contributed by atoms with Gasteiger partial charge in [-0.05, 0) is 17.0 Å². The average Bonchev–Trinajstić information content (AvgIpc) is 3.18. The lowest BCUT2D eigenvalue weighted by Crippen LogP contribution is -2.50. The largest absolute Gasteiger partial charge is 0.339 e. The van der Waals surface area contributed by atoms with E-state index in [-0.39, 0.29) is 11.8 Å². The summed E-state index contributed by atoms with van der Waals surface area (Å²) < 4.78 is 1.69. The van der Waals surface area contributed by atoms with Gasteiger partial charge in [0.05, 0.1) is 18.2 Å². The van der Waals surface area contributed by atoms with Crippen molar-refractivity contribution < 1.29 is 9.59 Å². The number of thiophene rings is 1. The van der Waals surface area contributed by atoms with Crippen molar-refractivity contribution in [1.29, 1.82) is 0 Å². The van der Waals surface area contributed by atoms with Crippen molar-refractivity contribution in [2.75, 3.05) is 26.2 Å². The molecule has 0 spiro atoms. The van der Waals surface area contributed by atoms with Gasteiger partial charge in [0.2, 0.25) is 5.91 Å². The highest BCUT2D eigenvalue weighted by atomic mass is 32.1. The molecule has 0 N–H and O–H groups in total. The molecular formula is C15H18N4O2S. The molecule has 2 aromatic heterocycles. The molecule has 1 fully saturated rings. The van der Waals surface area contributed by atoms with Crippen molar-refractivity contribution in [1.82, 2.24) is 19.6 Å². The summed E-state index contributed by atoms with van der Waals surface area (Å²) in [6.45, 7) is 2.37. The maximum absolute atomic E-state index is 12.3. The Morgan fingerprint density at radius 2 is 1.95 bits per heavy atom. The monoisotopic (exact) mass is 318 g/mol. The van der Waals surface area contributed by atoms with Crippen LogP contribution in [0.15, 0.2) is 29.2 Å². The van der Waals surface area contributed by atoms with Crippen LogP contribution >= 0.6 is 11.3 Å². The van der Waals surface area contributed by atoms with Gasteiger partial charge in [0, 0.05) is 44.8 Å². The Hall–Kier alpha value is -2.15. The molecule has 3 rings (SSSR count). The number of aromatic nitrogens is 2.